The predicted molar refractivity (Wildman–Crippen MR) is 81.6 cm³/mol. The number of halogens is 1. The molecule has 1 unspecified atom stereocenters. The number of piperidine rings is 1. The van der Waals surface area contributed by atoms with Crippen LogP contribution in [0, 0.1) is 11.3 Å². The molecule has 1 N–H and O–H groups in total. The summed E-state index contributed by atoms with van der Waals surface area (Å²) in [6.07, 6.45) is 1.78. The van der Waals surface area contributed by atoms with E-state index in [0.717, 1.165) is 25.9 Å². The van der Waals surface area contributed by atoms with Crippen molar-refractivity contribution in [2.75, 3.05) is 19.6 Å². The fraction of sp³-hybridized carbons (Fsp3) is 0.500. The van der Waals surface area contributed by atoms with Crippen molar-refractivity contribution in [1.29, 1.82) is 5.26 Å². The first-order valence-electron chi connectivity index (χ1n) is 6.90. The minimum atomic E-state index is -3.71. The van der Waals surface area contributed by atoms with Gasteiger partial charge in [0.05, 0.1) is 16.7 Å². The van der Waals surface area contributed by atoms with Crippen LogP contribution in [0.2, 0.25) is 5.02 Å². The van der Waals surface area contributed by atoms with Gasteiger partial charge in [-0.2, -0.15) is 5.26 Å². The van der Waals surface area contributed by atoms with Crippen LogP contribution in [0.3, 0.4) is 0 Å². The summed E-state index contributed by atoms with van der Waals surface area (Å²) < 4.78 is 27.6. The number of hydrogen-bond donors (Lipinski definition) is 1. The highest BCUT2D eigenvalue weighted by molar-refractivity contribution is 7.89. The average Bonchev–Trinajstić information content (AvgIpc) is 2.47. The second kappa shape index (κ2) is 6.75. The Labute approximate surface area is 130 Å². The van der Waals surface area contributed by atoms with Crippen LogP contribution in [0.5, 0.6) is 0 Å². The SMILES string of the molecule is CCN1CCCC(NS(=O)(=O)c2cc(C#N)ccc2Cl)C1. The zero-order chi connectivity index (χ0) is 15.5. The van der Waals surface area contributed by atoms with Crippen LogP contribution in [0.15, 0.2) is 23.1 Å². The molecule has 0 bridgehead atoms. The summed E-state index contributed by atoms with van der Waals surface area (Å²) in [5, 5.41) is 9.02. The smallest absolute Gasteiger partial charge is 0.242 e. The van der Waals surface area contributed by atoms with E-state index in [2.05, 4.69) is 16.5 Å². The van der Waals surface area contributed by atoms with Crippen LogP contribution in [0.4, 0.5) is 0 Å². The van der Waals surface area contributed by atoms with Crippen LogP contribution < -0.4 is 4.72 Å². The van der Waals surface area contributed by atoms with E-state index in [1.165, 1.54) is 18.2 Å². The maximum atomic E-state index is 12.5. The zero-order valence-corrected chi connectivity index (χ0v) is 13.4. The van der Waals surface area contributed by atoms with Gasteiger partial charge >= 0.3 is 0 Å². The lowest BCUT2D eigenvalue weighted by Crippen LogP contribution is -2.47. The molecule has 1 atom stereocenters. The Balaban J connectivity index is 2.21. The first kappa shape index (κ1) is 16.2. The molecule has 1 aromatic carbocycles. The maximum absolute atomic E-state index is 12.5. The molecule has 7 heteroatoms. The highest BCUT2D eigenvalue weighted by atomic mass is 35.5. The van der Waals surface area contributed by atoms with E-state index >= 15 is 0 Å². The molecule has 0 radical (unpaired) electrons. The van der Waals surface area contributed by atoms with Crippen molar-refractivity contribution in [3.05, 3.63) is 28.8 Å². The molecular weight excluding hydrogens is 310 g/mol. The predicted octanol–water partition coefficient (Wildman–Crippen LogP) is 1.97. The third kappa shape index (κ3) is 3.95. The standard InChI is InChI=1S/C14H18ClN3O2S/c1-2-18-7-3-4-12(10-18)17-21(19,20)14-8-11(9-16)5-6-13(14)15/h5-6,8,12,17H,2-4,7,10H2,1H3. The second-order valence-electron chi connectivity index (χ2n) is 5.11. The fourth-order valence-corrected chi connectivity index (χ4v) is 4.29. The zero-order valence-electron chi connectivity index (χ0n) is 11.8. The Morgan fingerprint density at radius 1 is 1.52 bits per heavy atom. The van der Waals surface area contributed by atoms with Crippen LogP contribution >= 0.6 is 11.6 Å². The topological polar surface area (TPSA) is 73.2 Å². The van der Waals surface area contributed by atoms with Crippen molar-refractivity contribution < 1.29 is 8.42 Å². The Morgan fingerprint density at radius 3 is 2.95 bits per heavy atom. The highest BCUT2D eigenvalue weighted by Crippen LogP contribution is 2.23. The Kier molecular flexibility index (Phi) is 5.22. The minimum absolute atomic E-state index is 0.0307. The van der Waals surface area contributed by atoms with E-state index in [-0.39, 0.29) is 21.5 Å². The van der Waals surface area contributed by atoms with Crippen LogP contribution in [0.1, 0.15) is 25.3 Å². The molecule has 1 aliphatic heterocycles. The van der Waals surface area contributed by atoms with Gasteiger partial charge in [-0.15, -0.1) is 0 Å². The lowest BCUT2D eigenvalue weighted by Gasteiger charge is -2.32. The summed E-state index contributed by atoms with van der Waals surface area (Å²) in [5.41, 5.74) is 0.276. The van der Waals surface area contributed by atoms with Crippen LogP contribution in [0.25, 0.3) is 0 Å². The summed E-state index contributed by atoms with van der Waals surface area (Å²) in [6, 6.07) is 6.06. The first-order chi connectivity index (χ1) is 9.96. The number of rotatable bonds is 4. The molecule has 1 aromatic rings. The molecule has 0 spiro atoms. The number of sulfonamides is 1. The van der Waals surface area contributed by atoms with Crippen molar-refractivity contribution in [2.45, 2.75) is 30.7 Å². The molecule has 21 heavy (non-hydrogen) atoms. The molecule has 5 nitrogen and oxygen atoms in total. The number of likely N-dealkylation sites (tertiary alicyclic amines) is 1. The highest BCUT2D eigenvalue weighted by Gasteiger charge is 2.26. The van der Waals surface area contributed by atoms with E-state index in [4.69, 9.17) is 16.9 Å². The lowest BCUT2D eigenvalue weighted by molar-refractivity contribution is 0.211. The number of hydrogen-bond acceptors (Lipinski definition) is 4. The van der Waals surface area contributed by atoms with Gasteiger partial charge in [-0.3, -0.25) is 0 Å². The van der Waals surface area contributed by atoms with Crippen LogP contribution in [-0.2, 0) is 10.0 Å². The number of nitrogens with one attached hydrogen (secondary N) is 1. The average molecular weight is 328 g/mol. The van der Waals surface area contributed by atoms with Gasteiger partial charge in [0, 0.05) is 12.6 Å². The summed E-state index contributed by atoms with van der Waals surface area (Å²) in [7, 11) is -3.71. The second-order valence-corrected chi connectivity index (χ2v) is 7.20. The molecule has 114 valence electrons. The van der Waals surface area contributed by atoms with Gasteiger partial charge in [-0.1, -0.05) is 18.5 Å². The van der Waals surface area contributed by atoms with Gasteiger partial charge in [0.15, 0.2) is 0 Å². The van der Waals surface area contributed by atoms with E-state index in [0.29, 0.717) is 6.54 Å². The normalized spacial score (nSPS) is 20.1. The van der Waals surface area contributed by atoms with E-state index in [9.17, 15) is 8.42 Å². The third-order valence-electron chi connectivity index (χ3n) is 3.62. The quantitative estimate of drug-likeness (QED) is 0.917. The molecular formula is C14H18ClN3O2S. The Hall–Kier alpha value is -1.13. The van der Waals surface area contributed by atoms with Gasteiger partial charge < -0.3 is 4.90 Å². The van der Waals surface area contributed by atoms with E-state index in [1.54, 1.807) is 0 Å². The summed E-state index contributed by atoms with van der Waals surface area (Å²) in [6.45, 7) is 4.66. The summed E-state index contributed by atoms with van der Waals surface area (Å²) in [4.78, 5) is 2.18. The largest absolute Gasteiger partial charge is 0.302 e. The monoisotopic (exact) mass is 327 g/mol. The number of likely N-dealkylation sites (N-methyl/N-ethyl adjacent to an activating group) is 1. The number of nitriles is 1. The van der Waals surface area contributed by atoms with Crippen molar-refractivity contribution in [2.24, 2.45) is 0 Å². The number of nitrogens with zero attached hydrogens (tertiary/aromatic N) is 2. The molecule has 1 heterocycles. The molecule has 1 aliphatic rings. The fourth-order valence-electron chi connectivity index (χ4n) is 2.50. The molecule has 1 fully saturated rings. The maximum Gasteiger partial charge on any atom is 0.242 e. The van der Waals surface area contributed by atoms with Crippen LogP contribution in [-0.4, -0.2) is 39.0 Å². The molecule has 0 aliphatic carbocycles. The van der Waals surface area contributed by atoms with Crippen molar-refractivity contribution >= 4 is 21.6 Å². The molecule has 1 saturated heterocycles. The van der Waals surface area contributed by atoms with Crippen molar-refractivity contribution in [3.8, 4) is 6.07 Å². The molecule has 0 saturated carbocycles. The number of benzene rings is 1. The van der Waals surface area contributed by atoms with Gasteiger partial charge in [-0.05, 0) is 44.1 Å². The van der Waals surface area contributed by atoms with Crippen molar-refractivity contribution in [1.82, 2.24) is 9.62 Å². The third-order valence-corrected chi connectivity index (χ3v) is 5.63. The first-order valence-corrected chi connectivity index (χ1v) is 8.76. The molecule has 0 aromatic heterocycles. The van der Waals surface area contributed by atoms with Gasteiger partial charge in [0.1, 0.15) is 4.90 Å². The summed E-state index contributed by atoms with van der Waals surface area (Å²) in [5.74, 6) is 0. The van der Waals surface area contributed by atoms with Gasteiger partial charge in [0.2, 0.25) is 10.0 Å². The van der Waals surface area contributed by atoms with Gasteiger partial charge in [-0.25, -0.2) is 13.1 Å². The lowest BCUT2D eigenvalue weighted by atomic mass is 10.1. The Morgan fingerprint density at radius 2 is 2.29 bits per heavy atom. The summed E-state index contributed by atoms with van der Waals surface area (Å²) >= 11 is 5.97. The van der Waals surface area contributed by atoms with Gasteiger partial charge in [0.25, 0.3) is 0 Å². The molecule has 2 rings (SSSR count). The van der Waals surface area contributed by atoms with E-state index in [1.807, 2.05) is 6.07 Å². The minimum Gasteiger partial charge on any atom is -0.302 e. The van der Waals surface area contributed by atoms with E-state index < -0.39 is 10.0 Å². The molecule has 0 amide bonds. The Bertz CT molecular complexity index is 655. The van der Waals surface area contributed by atoms with Crippen molar-refractivity contribution in [3.63, 3.8) is 0 Å².